The van der Waals surface area contributed by atoms with Crippen LogP contribution >= 0.6 is 11.3 Å². The lowest BCUT2D eigenvalue weighted by molar-refractivity contribution is 0.754. The summed E-state index contributed by atoms with van der Waals surface area (Å²) in [6, 6.07) is 79.2. The number of thiophene rings is 1. The van der Waals surface area contributed by atoms with Gasteiger partial charge in [-0.15, -0.1) is 11.3 Å². The fraction of sp³-hybridized carbons (Fsp3) is 0.0167. The number of fused-ring (bicyclic) bond motifs is 15. The standard InChI is InChI=1S/C60H36N4S/c1-3-17-39(18-4-1)59-62-56(58-57(63-59)44-24-10-16-30-54(44)65-58)38-33-31-37(32-34-38)55-46-36-53-50(35-45(46)43-23-9-14-28-51(43)61-55)60(47-25-11-7-21-41(47)42-22-8-12-26-48(42)60)49-27-13-15-29-52(49)64(53)40-19-5-2-6-20-40/h1-36H. The molecule has 2 aliphatic rings. The van der Waals surface area contributed by atoms with Crippen molar-refractivity contribution < 1.29 is 0 Å². The maximum atomic E-state index is 5.52. The van der Waals surface area contributed by atoms with Crippen molar-refractivity contribution in [3.05, 3.63) is 241 Å². The van der Waals surface area contributed by atoms with Crippen molar-refractivity contribution in [2.45, 2.75) is 5.41 Å². The normalized spacial score (nSPS) is 13.3. The number of pyridine rings is 1. The molecule has 65 heavy (non-hydrogen) atoms. The van der Waals surface area contributed by atoms with Crippen molar-refractivity contribution in [1.82, 2.24) is 15.0 Å². The highest BCUT2D eigenvalue weighted by Crippen LogP contribution is 2.64. The van der Waals surface area contributed by atoms with E-state index in [-0.39, 0.29) is 0 Å². The number of para-hydroxylation sites is 3. The fourth-order valence-corrected chi connectivity index (χ4v) is 12.1. The predicted molar refractivity (Wildman–Crippen MR) is 270 cm³/mol. The second-order valence-corrected chi connectivity index (χ2v) is 18.1. The minimum Gasteiger partial charge on any atom is -0.310 e. The molecule has 0 saturated heterocycles. The van der Waals surface area contributed by atoms with E-state index < -0.39 is 5.41 Å². The number of hydrogen-bond acceptors (Lipinski definition) is 5. The minimum atomic E-state index is -0.557. The summed E-state index contributed by atoms with van der Waals surface area (Å²) in [5, 5.41) is 4.56. The second-order valence-electron chi connectivity index (χ2n) is 17.0. The van der Waals surface area contributed by atoms with Gasteiger partial charge in [-0.05, 0) is 81.2 Å². The van der Waals surface area contributed by atoms with Gasteiger partial charge in [-0.25, -0.2) is 15.0 Å². The average molecular weight is 845 g/mol. The number of anilines is 3. The van der Waals surface area contributed by atoms with E-state index in [1.54, 1.807) is 11.3 Å². The molecule has 12 aromatic rings. The lowest BCUT2D eigenvalue weighted by Crippen LogP contribution is -2.36. The van der Waals surface area contributed by atoms with Crippen LogP contribution in [0.2, 0.25) is 0 Å². The van der Waals surface area contributed by atoms with Gasteiger partial charge in [-0.2, -0.15) is 0 Å². The molecule has 4 heterocycles. The summed E-state index contributed by atoms with van der Waals surface area (Å²) in [5.74, 6) is 0.725. The monoisotopic (exact) mass is 844 g/mol. The molecule has 3 aromatic heterocycles. The van der Waals surface area contributed by atoms with Crippen LogP contribution in [0, 0.1) is 0 Å². The van der Waals surface area contributed by atoms with E-state index in [4.69, 9.17) is 15.0 Å². The third-order valence-electron chi connectivity index (χ3n) is 13.7. The Morgan fingerprint density at radius 1 is 0.385 bits per heavy atom. The molecule has 14 rings (SSSR count). The van der Waals surface area contributed by atoms with Crippen LogP contribution in [-0.4, -0.2) is 15.0 Å². The Balaban J connectivity index is 1.03. The maximum absolute atomic E-state index is 5.52. The molecule has 1 aliphatic heterocycles. The van der Waals surface area contributed by atoms with E-state index in [9.17, 15) is 0 Å². The molecule has 9 aromatic carbocycles. The summed E-state index contributed by atoms with van der Waals surface area (Å²) in [6.07, 6.45) is 0. The van der Waals surface area contributed by atoms with Gasteiger partial charge in [-0.1, -0.05) is 176 Å². The summed E-state index contributed by atoms with van der Waals surface area (Å²) < 4.78 is 2.29. The topological polar surface area (TPSA) is 41.9 Å². The van der Waals surface area contributed by atoms with Crippen LogP contribution in [0.25, 0.3) is 87.0 Å². The SMILES string of the molecule is c1ccc(-c2nc(-c3ccc(-c4nc5ccccc5c5cc6c(cc45)N(c4ccccc4)c4ccccc4C64c5ccccc5-c5ccccc54)cc3)c3sc4ccccc4c3n2)cc1. The van der Waals surface area contributed by atoms with Crippen molar-refractivity contribution in [3.63, 3.8) is 0 Å². The molecule has 0 bridgehead atoms. The Morgan fingerprint density at radius 3 is 1.74 bits per heavy atom. The lowest BCUT2D eigenvalue weighted by atomic mass is 9.64. The third kappa shape index (κ3) is 5.16. The highest BCUT2D eigenvalue weighted by Gasteiger charge is 2.51. The Bertz CT molecular complexity index is 3850. The first-order chi connectivity index (χ1) is 32.2. The van der Waals surface area contributed by atoms with Crippen LogP contribution in [0.15, 0.2) is 218 Å². The molecule has 0 unspecified atom stereocenters. The Morgan fingerprint density at radius 2 is 0.985 bits per heavy atom. The first kappa shape index (κ1) is 36.3. The molecule has 0 radical (unpaired) electrons. The Labute approximate surface area is 379 Å². The molecular weight excluding hydrogens is 809 g/mol. The zero-order valence-corrected chi connectivity index (χ0v) is 35.8. The number of rotatable bonds is 4. The Kier molecular flexibility index (Phi) is 7.74. The summed E-state index contributed by atoms with van der Waals surface area (Å²) in [7, 11) is 0. The van der Waals surface area contributed by atoms with E-state index in [0.29, 0.717) is 0 Å². The van der Waals surface area contributed by atoms with Crippen LogP contribution in [0.1, 0.15) is 22.3 Å². The maximum Gasteiger partial charge on any atom is 0.160 e. The van der Waals surface area contributed by atoms with Gasteiger partial charge in [0.2, 0.25) is 0 Å². The summed E-state index contributed by atoms with van der Waals surface area (Å²) >= 11 is 1.75. The van der Waals surface area contributed by atoms with Crippen LogP contribution in [-0.2, 0) is 5.41 Å². The average Bonchev–Trinajstić information content (AvgIpc) is 3.90. The van der Waals surface area contributed by atoms with Crippen molar-refractivity contribution in [1.29, 1.82) is 0 Å². The van der Waals surface area contributed by atoms with Gasteiger partial charge in [0.15, 0.2) is 5.82 Å². The molecule has 1 spiro atoms. The van der Waals surface area contributed by atoms with E-state index >= 15 is 0 Å². The molecule has 0 atom stereocenters. The van der Waals surface area contributed by atoms with Gasteiger partial charge in [0.25, 0.3) is 0 Å². The molecule has 1 aliphatic carbocycles. The minimum absolute atomic E-state index is 0.557. The summed E-state index contributed by atoms with van der Waals surface area (Å²) in [4.78, 5) is 18.4. The first-order valence-corrected chi connectivity index (χ1v) is 22.9. The number of nitrogens with zero attached hydrogens (tertiary/aromatic N) is 4. The zero-order valence-electron chi connectivity index (χ0n) is 35.0. The molecule has 0 amide bonds. The van der Waals surface area contributed by atoms with Crippen LogP contribution in [0.3, 0.4) is 0 Å². The number of hydrogen-bond donors (Lipinski definition) is 0. The van der Waals surface area contributed by atoms with Gasteiger partial charge in [-0.3, -0.25) is 0 Å². The summed E-state index contributed by atoms with van der Waals surface area (Å²) in [5.41, 5.74) is 17.5. The Hall–Kier alpha value is -8.25. The first-order valence-electron chi connectivity index (χ1n) is 22.1. The quantitative estimate of drug-likeness (QED) is 0.166. The smallest absolute Gasteiger partial charge is 0.160 e. The second kappa shape index (κ2) is 13.9. The van der Waals surface area contributed by atoms with Crippen molar-refractivity contribution in [3.8, 4) is 45.0 Å². The lowest BCUT2D eigenvalue weighted by Gasteiger charge is -2.45. The molecule has 0 saturated carbocycles. The van der Waals surface area contributed by atoms with Crippen molar-refractivity contribution in [2.24, 2.45) is 0 Å². The molecule has 302 valence electrons. The molecule has 0 fully saturated rings. The van der Waals surface area contributed by atoms with E-state index in [1.807, 2.05) is 18.2 Å². The number of aromatic nitrogens is 3. The van der Waals surface area contributed by atoms with Gasteiger partial charge < -0.3 is 4.90 Å². The molecular formula is C60H36N4S. The largest absolute Gasteiger partial charge is 0.310 e. The van der Waals surface area contributed by atoms with E-state index in [1.165, 1.54) is 49.2 Å². The predicted octanol–water partition coefficient (Wildman–Crippen LogP) is 15.7. The third-order valence-corrected chi connectivity index (χ3v) is 14.8. The summed E-state index contributed by atoms with van der Waals surface area (Å²) in [6.45, 7) is 0. The van der Waals surface area contributed by atoms with E-state index in [0.717, 1.165) is 77.2 Å². The van der Waals surface area contributed by atoms with Gasteiger partial charge >= 0.3 is 0 Å². The van der Waals surface area contributed by atoms with Crippen LogP contribution in [0.4, 0.5) is 17.1 Å². The van der Waals surface area contributed by atoms with Crippen molar-refractivity contribution >= 4 is 70.4 Å². The van der Waals surface area contributed by atoms with E-state index in [2.05, 4.69) is 205 Å². The highest BCUT2D eigenvalue weighted by molar-refractivity contribution is 7.26. The van der Waals surface area contributed by atoms with Gasteiger partial charge in [0.05, 0.1) is 43.9 Å². The zero-order chi connectivity index (χ0) is 42.6. The molecule has 0 N–H and O–H groups in total. The number of benzene rings is 9. The molecule has 5 heteroatoms. The highest BCUT2D eigenvalue weighted by atomic mass is 32.1. The van der Waals surface area contributed by atoms with Crippen LogP contribution in [0.5, 0.6) is 0 Å². The van der Waals surface area contributed by atoms with Gasteiger partial charge in [0.1, 0.15) is 0 Å². The van der Waals surface area contributed by atoms with Crippen LogP contribution < -0.4 is 4.90 Å². The van der Waals surface area contributed by atoms with Crippen molar-refractivity contribution in [2.75, 3.05) is 4.90 Å². The fourth-order valence-electron chi connectivity index (χ4n) is 10.9. The molecule has 4 nitrogen and oxygen atoms in total. The van der Waals surface area contributed by atoms with Gasteiger partial charge in [0, 0.05) is 43.2 Å².